The van der Waals surface area contributed by atoms with E-state index in [2.05, 4.69) is 10.3 Å². The van der Waals surface area contributed by atoms with Gasteiger partial charge in [-0.1, -0.05) is 23.8 Å². The molecule has 0 fully saturated rings. The SMILES string of the molecule is COc1cc(C=CC(=O)Nc2cnc3c(C)cc(C)cc3c2-c2ccc(F)cc2)cc(OC)c1OC(C)=O. The Balaban J connectivity index is 1.71. The van der Waals surface area contributed by atoms with Crippen molar-refractivity contribution in [3.05, 3.63) is 83.3 Å². The van der Waals surface area contributed by atoms with Gasteiger partial charge < -0.3 is 19.5 Å². The summed E-state index contributed by atoms with van der Waals surface area (Å²) < 4.78 is 29.6. The number of benzene rings is 3. The Hall–Kier alpha value is -4.72. The van der Waals surface area contributed by atoms with Crippen LogP contribution in [0.4, 0.5) is 10.1 Å². The van der Waals surface area contributed by atoms with Crippen molar-refractivity contribution in [1.29, 1.82) is 0 Å². The fourth-order valence-electron chi connectivity index (χ4n) is 4.27. The van der Waals surface area contributed by atoms with Crippen LogP contribution in [0.25, 0.3) is 28.1 Å². The van der Waals surface area contributed by atoms with Crippen LogP contribution in [0.15, 0.2) is 60.8 Å². The molecule has 0 saturated heterocycles. The molecule has 0 aliphatic rings. The van der Waals surface area contributed by atoms with Crippen molar-refractivity contribution in [2.24, 2.45) is 0 Å². The molecule has 0 spiro atoms. The number of hydrogen-bond acceptors (Lipinski definition) is 6. The molecule has 0 saturated carbocycles. The summed E-state index contributed by atoms with van der Waals surface area (Å²) in [5.74, 6) is -0.554. The van der Waals surface area contributed by atoms with Crippen LogP contribution >= 0.6 is 0 Å². The number of methoxy groups -OCH3 is 2. The predicted octanol–water partition coefficient (Wildman–Crippen LogP) is 6.25. The Morgan fingerprint density at radius 1 is 0.974 bits per heavy atom. The highest BCUT2D eigenvalue weighted by Crippen LogP contribution is 2.39. The molecule has 0 aliphatic carbocycles. The molecule has 0 aliphatic heterocycles. The van der Waals surface area contributed by atoms with Crippen LogP contribution in [0.1, 0.15) is 23.6 Å². The lowest BCUT2D eigenvalue weighted by molar-refractivity contribution is -0.132. The lowest BCUT2D eigenvalue weighted by Gasteiger charge is -2.15. The van der Waals surface area contributed by atoms with Crippen LogP contribution in [0.2, 0.25) is 0 Å². The molecule has 3 aromatic carbocycles. The smallest absolute Gasteiger partial charge is 0.308 e. The molecule has 4 aromatic rings. The molecule has 7 nitrogen and oxygen atoms in total. The maximum atomic E-state index is 13.7. The molecule has 194 valence electrons. The van der Waals surface area contributed by atoms with E-state index in [9.17, 15) is 14.0 Å². The second kappa shape index (κ2) is 11.1. The number of hydrogen-bond donors (Lipinski definition) is 1. The van der Waals surface area contributed by atoms with Crippen molar-refractivity contribution >= 4 is 34.5 Å². The number of esters is 1. The van der Waals surface area contributed by atoms with Gasteiger partial charge in [-0.25, -0.2) is 4.39 Å². The molecule has 0 unspecified atom stereocenters. The molecule has 38 heavy (non-hydrogen) atoms. The number of nitrogens with one attached hydrogen (secondary N) is 1. The van der Waals surface area contributed by atoms with Gasteiger partial charge >= 0.3 is 5.97 Å². The highest BCUT2D eigenvalue weighted by Gasteiger charge is 2.17. The van der Waals surface area contributed by atoms with Crippen LogP contribution < -0.4 is 19.5 Å². The van der Waals surface area contributed by atoms with Crippen molar-refractivity contribution < 1.29 is 28.2 Å². The lowest BCUT2D eigenvalue weighted by Crippen LogP contribution is -2.10. The lowest BCUT2D eigenvalue weighted by atomic mass is 9.96. The average molecular weight is 515 g/mol. The first kappa shape index (κ1) is 26.3. The van der Waals surface area contributed by atoms with Gasteiger partial charge in [0.05, 0.1) is 31.6 Å². The van der Waals surface area contributed by atoms with E-state index in [0.29, 0.717) is 11.3 Å². The number of ether oxygens (including phenoxy) is 3. The summed E-state index contributed by atoms with van der Waals surface area (Å²) in [5.41, 5.74) is 5.42. The second-order valence-electron chi connectivity index (χ2n) is 8.70. The number of amides is 1. The van der Waals surface area contributed by atoms with E-state index in [1.807, 2.05) is 26.0 Å². The van der Waals surface area contributed by atoms with Crippen LogP contribution in [-0.2, 0) is 9.59 Å². The van der Waals surface area contributed by atoms with Crippen LogP contribution in [0.3, 0.4) is 0 Å². The summed E-state index contributed by atoms with van der Waals surface area (Å²) in [5, 5.41) is 3.76. The van der Waals surface area contributed by atoms with Gasteiger partial charge in [0.2, 0.25) is 11.7 Å². The minimum Gasteiger partial charge on any atom is -0.493 e. The summed E-state index contributed by atoms with van der Waals surface area (Å²) in [6.45, 7) is 5.25. The standard InChI is InChI=1S/C30H27FN2O5/c1-17-12-18(2)29-23(13-17)28(21-7-9-22(31)10-8-21)24(16-32-29)33-27(35)11-6-20-14-25(36-4)30(38-19(3)34)26(15-20)37-5/h6-16H,1-5H3,(H,33,35). The van der Waals surface area contributed by atoms with E-state index in [-0.39, 0.29) is 23.1 Å². The molecule has 1 N–H and O–H groups in total. The molecule has 0 radical (unpaired) electrons. The van der Waals surface area contributed by atoms with Crippen molar-refractivity contribution in [2.45, 2.75) is 20.8 Å². The number of aryl methyl sites for hydroxylation is 2. The van der Waals surface area contributed by atoms with Gasteiger partial charge in [-0.2, -0.15) is 0 Å². The highest BCUT2D eigenvalue weighted by atomic mass is 19.1. The number of rotatable bonds is 7. The Bertz CT molecular complexity index is 1540. The van der Waals surface area contributed by atoms with Gasteiger partial charge in [-0.15, -0.1) is 0 Å². The largest absolute Gasteiger partial charge is 0.493 e. The average Bonchev–Trinajstić information content (AvgIpc) is 2.88. The summed E-state index contributed by atoms with van der Waals surface area (Å²) in [7, 11) is 2.88. The fraction of sp³-hybridized carbons (Fsp3) is 0.167. The number of halogens is 1. The molecule has 4 rings (SSSR count). The Morgan fingerprint density at radius 3 is 2.24 bits per heavy atom. The molecule has 1 heterocycles. The zero-order valence-corrected chi connectivity index (χ0v) is 21.7. The second-order valence-corrected chi connectivity index (χ2v) is 8.70. The third kappa shape index (κ3) is 5.64. The van der Waals surface area contributed by atoms with Gasteiger partial charge in [-0.3, -0.25) is 14.6 Å². The zero-order chi connectivity index (χ0) is 27.4. The number of fused-ring (bicyclic) bond motifs is 1. The maximum absolute atomic E-state index is 13.7. The zero-order valence-electron chi connectivity index (χ0n) is 21.7. The first-order valence-electron chi connectivity index (χ1n) is 11.8. The van der Waals surface area contributed by atoms with Crippen molar-refractivity contribution in [3.8, 4) is 28.4 Å². The van der Waals surface area contributed by atoms with Crippen LogP contribution in [0, 0.1) is 19.7 Å². The highest BCUT2D eigenvalue weighted by molar-refractivity contribution is 6.09. The quantitative estimate of drug-likeness (QED) is 0.178. The summed E-state index contributed by atoms with van der Waals surface area (Å²) in [6, 6.07) is 13.4. The molecular formula is C30H27FN2O5. The summed E-state index contributed by atoms with van der Waals surface area (Å²) >= 11 is 0. The topological polar surface area (TPSA) is 86.8 Å². The fourth-order valence-corrected chi connectivity index (χ4v) is 4.27. The Labute approximate surface area is 219 Å². The molecular weight excluding hydrogens is 487 g/mol. The number of carbonyl (C=O) groups excluding carboxylic acids is 2. The van der Waals surface area contributed by atoms with Crippen molar-refractivity contribution in [1.82, 2.24) is 4.98 Å². The van der Waals surface area contributed by atoms with Crippen molar-refractivity contribution in [2.75, 3.05) is 19.5 Å². The van der Waals surface area contributed by atoms with Gasteiger partial charge in [-0.05, 0) is 66.9 Å². The monoisotopic (exact) mass is 514 g/mol. The Morgan fingerprint density at radius 2 is 1.63 bits per heavy atom. The normalized spacial score (nSPS) is 11.0. The van der Waals surface area contributed by atoms with E-state index in [1.54, 1.807) is 36.5 Å². The molecule has 8 heteroatoms. The minimum atomic E-state index is -0.518. The van der Waals surface area contributed by atoms with Gasteiger partial charge in [0.15, 0.2) is 11.5 Å². The van der Waals surface area contributed by atoms with Crippen molar-refractivity contribution in [3.63, 3.8) is 0 Å². The van der Waals surface area contributed by atoms with E-state index < -0.39 is 11.9 Å². The van der Waals surface area contributed by atoms with Crippen LogP contribution in [-0.4, -0.2) is 31.1 Å². The number of anilines is 1. The van der Waals surface area contributed by atoms with Crippen LogP contribution in [0.5, 0.6) is 17.2 Å². The van der Waals surface area contributed by atoms with E-state index >= 15 is 0 Å². The van der Waals surface area contributed by atoms with E-state index in [1.165, 1.54) is 39.4 Å². The molecule has 1 aromatic heterocycles. The minimum absolute atomic E-state index is 0.154. The van der Waals surface area contributed by atoms with E-state index in [0.717, 1.165) is 33.2 Å². The predicted molar refractivity (Wildman–Crippen MR) is 145 cm³/mol. The maximum Gasteiger partial charge on any atom is 0.308 e. The molecule has 1 amide bonds. The molecule has 0 atom stereocenters. The number of carbonyl (C=O) groups is 2. The van der Waals surface area contributed by atoms with Gasteiger partial charge in [0.25, 0.3) is 0 Å². The first-order valence-corrected chi connectivity index (χ1v) is 11.8. The number of nitrogens with zero attached hydrogens (tertiary/aromatic N) is 1. The van der Waals surface area contributed by atoms with E-state index in [4.69, 9.17) is 14.2 Å². The van der Waals surface area contributed by atoms with Gasteiger partial charge in [0.1, 0.15) is 5.82 Å². The Kier molecular flexibility index (Phi) is 7.71. The number of aromatic nitrogens is 1. The first-order chi connectivity index (χ1) is 18.2. The third-order valence-electron chi connectivity index (χ3n) is 5.85. The molecule has 0 bridgehead atoms. The summed E-state index contributed by atoms with van der Waals surface area (Å²) in [6.07, 6.45) is 4.55. The number of pyridine rings is 1. The third-order valence-corrected chi connectivity index (χ3v) is 5.85. The van der Waals surface area contributed by atoms with Gasteiger partial charge in [0, 0.05) is 23.9 Å². The summed E-state index contributed by atoms with van der Waals surface area (Å²) in [4.78, 5) is 29.1.